The van der Waals surface area contributed by atoms with Crippen LogP contribution in [0.1, 0.15) is 31.9 Å². The van der Waals surface area contributed by atoms with Crippen molar-refractivity contribution < 1.29 is 18.3 Å². The molecule has 2 aliphatic rings. The molecule has 0 amide bonds. The summed E-state index contributed by atoms with van der Waals surface area (Å²) in [5.74, 6) is 0.443. The molecule has 0 nitrogen and oxygen atoms in total. The van der Waals surface area contributed by atoms with E-state index in [9.17, 15) is 0 Å². The topological polar surface area (TPSA) is 0 Å². The van der Waals surface area contributed by atoms with Crippen LogP contribution in [-0.2, 0) is 24.7 Å². The predicted molar refractivity (Wildman–Crippen MR) is 143 cm³/mol. The molecule has 3 aromatic rings. The molecule has 3 heteroatoms. The molecule has 0 saturated heterocycles. The summed E-state index contributed by atoms with van der Waals surface area (Å²) in [4.78, 5) is 0. The van der Waals surface area contributed by atoms with Crippen LogP contribution >= 0.6 is 24.8 Å². The Labute approximate surface area is 205 Å². The Bertz CT molecular complexity index is 1310. The summed E-state index contributed by atoms with van der Waals surface area (Å²) in [6, 6.07) is 27.1. The van der Waals surface area contributed by atoms with Gasteiger partial charge in [0.1, 0.15) is 0 Å². The zero-order valence-electron chi connectivity index (χ0n) is 19.3. The van der Waals surface area contributed by atoms with Crippen LogP contribution in [0, 0.1) is 5.92 Å². The summed E-state index contributed by atoms with van der Waals surface area (Å²) in [7, 11) is 0. The molecule has 0 spiro atoms. The van der Waals surface area contributed by atoms with Gasteiger partial charge in [0.25, 0.3) is 0 Å². The van der Waals surface area contributed by atoms with Crippen molar-refractivity contribution in [2.75, 3.05) is 0 Å². The number of fused-ring (bicyclic) bond motifs is 3. The van der Waals surface area contributed by atoms with E-state index in [0.29, 0.717) is 5.92 Å². The van der Waals surface area contributed by atoms with Crippen molar-refractivity contribution in [2.24, 2.45) is 5.92 Å². The molecule has 0 aromatic heterocycles. The summed E-state index contributed by atoms with van der Waals surface area (Å²) >= 11 is -4.06. The van der Waals surface area contributed by atoms with Crippen molar-refractivity contribution in [3.8, 4) is 11.1 Å². The first-order valence-electron chi connectivity index (χ1n) is 11.0. The van der Waals surface area contributed by atoms with Gasteiger partial charge in [0.2, 0.25) is 0 Å². The molecule has 2 aliphatic carbocycles. The molecule has 0 N–H and O–H groups in total. The molecule has 0 radical (unpaired) electrons. The molecule has 32 heavy (non-hydrogen) atoms. The molecule has 0 heterocycles. The van der Waals surface area contributed by atoms with E-state index in [2.05, 4.69) is 104 Å². The average Bonchev–Trinajstić information content (AvgIpc) is 3.25. The second kappa shape index (κ2) is 8.68. The second-order valence-corrected chi connectivity index (χ2v) is 23.7. The third-order valence-corrected chi connectivity index (χ3v) is 22.8. The van der Waals surface area contributed by atoms with E-state index in [0.717, 1.165) is 6.42 Å². The van der Waals surface area contributed by atoms with Crippen molar-refractivity contribution >= 4 is 35.6 Å². The summed E-state index contributed by atoms with van der Waals surface area (Å²) in [6.07, 6.45) is 3.47. The van der Waals surface area contributed by atoms with Gasteiger partial charge in [0, 0.05) is 0 Å². The normalized spacial score (nSPS) is 17.2. The van der Waals surface area contributed by atoms with Crippen LogP contribution in [0.4, 0.5) is 0 Å². The van der Waals surface area contributed by atoms with Crippen molar-refractivity contribution in [3.05, 3.63) is 104 Å². The summed E-state index contributed by atoms with van der Waals surface area (Å²) < 4.78 is 12.5. The monoisotopic (exact) mass is 540 g/mol. The maximum absolute atomic E-state index is 5.32. The van der Waals surface area contributed by atoms with E-state index in [1.54, 1.807) is 6.55 Å². The minimum absolute atomic E-state index is 0. The zero-order valence-corrected chi connectivity index (χ0v) is 23.4. The SMILES string of the molecule is Cl.Cl.[CH2]=[Zr]([CH3])([C]1=C(C)C(C)=CC1C)([c]1ccccc1)[c]1cccc2c1Cc1ccccc1-2. The fourth-order valence-corrected chi connectivity index (χ4v) is 21.4. The number of halogens is 2. The molecule has 166 valence electrons. The standard InChI is InChI=1S/C13H9.C8H11.C6H5.CH3.CH2.2ClH.Zr/c1-3-7-12-10(5-1)9-11-6-2-4-8-13(11)12;1-6-4-7(2)8(3)5-6;1-2-4-6-5-3-1;;;;;/h1-5,7-8H,9H2;4,6H,1-3H3;1-5H;1H3;1H2;2*1H;. The van der Waals surface area contributed by atoms with Crippen molar-refractivity contribution in [1.29, 1.82) is 0 Å². The molecule has 5 rings (SSSR count). The van der Waals surface area contributed by atoms with E-state index >= 15 is 0 Å². The van der Waals surface area contributed by atoms with Crippen LogP contribution in [0.25, 0.3) is 11.1 Å². The Morgan fingerprint density at radius 1 is 0.812 bits per heavy atom. The van der Waals surface area contributed by atoms with Gasteiger partial charge in [0.05, 0.1) is 0 Å². The van der Waals surface area contributed by atoms with Gasteiger partial charge in [-0.2, -0.15) is 0 Å². The molecule has 1 unspecified atom stereocenters. The first-order chi connectivity index (χ1) is 14.3. The predicted octanol–water partition coefficient (Wildman–Crippen LogP) is 7.09. The van der Waals surface area contributed by atoms with Gasteiger partial charge < -0.3 is 0 Å². The molecule has 0 saturated carbocycles. The Hall–Kier alpha value is -1.53. The fraction of sp³-hybridized carbons (Fsp3) is 0.207. The molecule has 3 aromatic carbocycles. The van der Waals surface area contributed by atoms with Crippen LogP contribution in [0.15, 0.2) is 93.3 Å². The third kappa shape index (κ3) is 3.40. The van der Waals surface area contributed by atoms with Crippen molar-refractivity contribution in [2.45, 2.75) is 31.8 Å². The van der Waals surface area contributed by atoms with Gasteiger partial charge in [-0.25, -0.2) is 0 Å². The first-order valence-corrected chi connectivity index (χ1v) is 18.9. The zero-order chi connectivity index (χ0) is 21.1. The van der Waals surface area contributed by atoms with Crippen LogP contribution in [0.5, 0.6) is 0 Å². The summed E-state index contributed by atoms with van der Waals surface area (Å²) in [6.45, 7) is 6.97. The van der Waals surface area contributed by atoms with E-state index in [1.807, 2.05) is 0 Å². The van der Waals surface area contributed by atoms with E-state index in [1.165, 1.54) is 36.7 Å². The number of rotatable bonds is 3. The molecule has 0 fully saturated rings. The van der Waals surface area contributed by atoms with E-state index < -0.39 is 18.3 Å². The number of hydrogen-bond donors (Lipinski definition) is 0. The van der Waals surface area contributed by atoms with Gasteiger partial charge in [0.15, 0.2) is 0 Å². The Morgan fingerprint density at radius 3 is 2.09 bits per heavy atom. The Balaban J connectivity index is 0.00000144. The molecular formula is C29H32Cl2Zr. The number of benzene rings is 3. The summed E-state index contributed by atoms with van der Waals surface area (Å²) in [5, 5.41) is 0. The maximum atomic E-state index is 5.32. The van der Waals surface area contributed by atoms with Crippen molar-refractivity contribution in [1.82, 2.24) is 0 Å². The minimum atomic E-state index is -4.06. The number of allylic oxidation sites excluding steroid dienone is 4. The molecule has 1 atom stereocenters. The van der Waals surface area contributed by atoms with Gasteiger partial charge in [-0.1, -0.05) is 0 Å². The molecule has 0 bridgehead atoms. The van der Waals surface area contributed by atoms with Gasteiger partial charge in [-0.05, 0) is 0 Å². The Morgan fingerprint density at radius 2 is 1.44 bits per heavy atom. The van der Waals surface area contributed by atoms with Crippen LogP contribution < -0.4 is 6.54 Å². The second-order valence-electron chi connectivity index (χ2n) is 9.72. The molecular weight excluding hydrogens is 510 g/mol. The Kier molecular flexibility index (Phi) is 6.81. The van der Waals surface area contributed by atoms with E-state index in [-0.39, 0.29) is 24.8 Å². The van der Waals surface area contributed by atoms with Crippen LogP contribution in [-0.4, -0.2) is 4.21 Å². The van der Waals surface area contributed by atoms with Crippen LogP contribution in [0.2, 0.25) is 4.63 Å². The van der Waals surface area contributed by atoms with Gasteiger partial charge >= 0.3 is 182 Å². The summed E-state index contributed by atoms with van der Waals surface area (Å²) in [5.41, 5.74) is 8.68. The number of hydrogen-bond acceptors (Lipinski definition) is 0. The van der Waals surface area contributed by atoms with Crippen LogP contribution in [0.3, 0.4) is 0 Å². The third-order valence-electron chi connectivity index (χ3n) is 7.82. The molecule has 0 aliphatic heterocycles. The quantitative estimate of drug-likeness (QED) is 0.259. The average molecular weight is 543 g/mol. The first kappa shape index (κ1) is 25.1. The van der Waals surface area contributed by atoms with Crippen molar-refractivity contribution in [3.63, 3.8) is 0 Å². The van der Waals surface area contributed by atoms with E-state index in [4.69, 9.17) is 4.21 Å². The van der Waals surface area contributed by atoms with Gasteiger partial charge in [-0.3, -0.25) is 0 Å². The fourth-order valence-electron chi connectivity index (χ4n) is 6.40. The van der Waals surface area contributed by atoms with Gasteiger partial charge in [-0.15, -0.1) is 24.8 Å².